The highest BCUT2D eigenvalue weighted by atomic mass is 35.5. The quantitative estimate of drug-likeness (QED) is 0.707. The van der Waals surface area contributed by atoms with Crippen molar-refractivity contribution in [2.24, 2.45) is 0 Å². The van der Waals surface area contributed by atoms with Crippen LogP contribution in [0.5, 0.6) is 0 Å². The van der Waals surface area contributed by atoms with Crippen molar-refractivity contribution in [2.75, 3.05) is 13.1 Å². The minimum atomic E-state index is -3.42. The molecule has 0 saturated carbocycles. The summed E-state index contributed by atoms with van der Waals surface area (Å²) in [6.07, 6.45) is 3.66. The predicted octanol–water partition coefficient (Wildman–Crippen LogP) is 4.70. The van der Waals surface area contributed by atoms with Gasteiger partial charge in [-0.25, -0.2) is 8.42 Å². The van der Waals surface area contributed by atoms with Crippen molar-refractivity contribution in [3.63, 3.8) is 0 Å². The number of benzene rings is 2. The molecule has 1 aliphatic rings. The molecule has 1 saturated heterocycles. The van der Waals surface area contributed by atoms with E-state index in [1.165, 1.54) is 5.56 Å². The van der Waals surface area contributed by atoms with E-state index in [0.717, 1.165) is 34.3 Å². The summed E-state index contributed by atoms with van der Waals surface area (Å²) in [6.45, 7) is 2.98. The van der Waals surface area contributed by atoms with Gasteiger partial charge in [0.1, 0.15) is 0 Å². The van der Waals surface area contributed by atoms with Crippen LogP contribution >= 0.6 is 11.6 Å². The lowest BCUT2D eigenvalue weighted by Gasteiger charge is -2.31. The Labute approximate surface area is 158 Å². The van der Waals surface area contributed by atoms with Gasteiger partial charge in [-0.05, 0) is 67.1 Å². The van der Waals surface area contributed by atoms with Gasteiger partial charge in [0, 0.05) is 35.2 Å². The van der Waals surface area contributed by atoms with Crippen molar-refractivity contribution in [1.29, 1.82) is 0 Å². The van der Waals surface area contributed by atoms with Crippen LogP contribution in [-0.2, 0) is 10.0 Å². The zero-order chi connectivity index (χ0) is 18.3. The van der Waals surface area contributed by atoms with E-state index >= 15 is 0 Å². The number of piperidine rings is 1. The molecule has 4 nitrogen and oxygen atoms in total. The van der Waals surface area contributed by atoms with Gasteiger partial charge in [0.2, 0.25) is 10.0 Å². The van der Waals surface area contributed by atoms with Gasteiger partial charge < -0.3 is 4.98 Å². The average Bonchev–Trinajstić information content (AvgIpc) is 3.05. The van der Waals surface area contributed by atoms with Crippen LogP contribution in [0.2, 0.25) is 5.02 Å². The molecule has 0 unspecified atom stereocenters. The number of aromatic nitrogens is 1. The lowest BCUT2D eigenvalue weighted by Crippen LogP contribution is -2.37. The summed E-state index contributed by atoms with van der Waals surface area (Å²) >= 11 is 6.15. The molecule has 136 valence electrons. The molecule has 0 spiro atoms. The summed E-state index contributed by atoms with van der Waals surface area (Å²) in [5, 5.41) is 1.86. The first-order valence-corrected chi connectivity index (χ1v) is 10.6. The van der Waals surface area contributed by atoms with E-state index in [0.29, 0.717) is 23.9 Å². The Kier molecular flexibility index (Phi) is 4.55. The van der Waals surface area contributed by atoms with Crippen molar-refractivity contribution in [3.8, 4) is 0 Å². The van der Waals surface area contributed by atoms with Gasteiger partial charge in [-0.1, -0.05) is 23.7 Å². The number of aromatic amines is 1. The van der Waals surface area contributed by atoms with Crippen LogP contribution in [0.15, 0.2) is 53.6 Å². The average molecular weight is 389 g/mol. The molecule has 26 heavy (non-hydrogen) atoms. The number of hydrogen-bond donors (Lipinski definition) is 1. The lowest BCUT2D eigenvalue weighted by atomic mass is 9.90. The zero-order valence-corrected chi connectivity index (χ0v) is 16.1. The van der Waals surface area contributed by atoms with Crippen molar-refractivity contribution in [1.82, 2.24) is 9.29 Å². The number of nitrogens with zero attached hydrogens (tertiary/aromatic N) is 1. The third kappa shape index (κ3) is 3.15. The molecule has 0 bridgehead atoms. The van der Waals surface area contributed by atoms with E-state index in [4.69, 9.17) is 11.6 Å². The summed E-state index contributed by atoms with van der Waals surface area (Å²) in [5.41, 5.74) is 3.26. The molecule has 1 aliphatic heterocycles. The molecule has 2 aromatic carbocycles. The van der Waals surface area contributed by atoms with Crippen LogP contribution < -0.4 is 0 Å². The summed E-state index contributed by atoms with van der Waals surface area (Å²) in [6, 6.07) is 13.0. The second kappa shape index (κ2) is 6.72. The molecule has 1 aromatic heterocycles. The Morgan fingerprint density at radius 1 is 1.12 bits per heavy atom. The largest absolute Gasteiger partial charge is 0.361 e. The molecule has 0 amide bonds. The highest BCUT2D eigenvalue weighted by molar-refractivity contribution is 7.89. The van der Waals surface area contributed by atoms with Gasteiger partial charge in [0.25, 0.3) is 0 Å². The zero-order valence-electron chi connectivity index (χ0n) is 14.6. The van der Waals surface area contributed by atoms with Crippen LogP contribution in [-0.4, -0.2) is 30.8 Å². The molecule has 4 rings (SSSR count). The number of halogens is 1. The van der Waals surface area contributed by atoms with Crippen LogP contribution in [0.4, 0.5) is 0 Å². The van der Waals surface area contributed by atoms with Crippen molar-refractivity contribution < 1.29 is 8.42 Å². The first-order chi connectivity index (χ1) is 12.4. The Balaban J connectivity index is 1.54. The van der Waals surface area contributed by atoms with Crippen LogP contribution in [0.3, 0.4) is 0 Å². The normalized spacial score (nSPS) is 17.0. The molecule has 2 heterocycles. The second-order valence-electron chi connectivity index (χ2n) is 6.93. The fourth-order valence-corrected chi connectivity index (χ4v) is 5.53. The third-order valence-electron chi connectivity index (χ3n) is 5.20. The number of aryl methyl sites for hydroxylation is 1. The minimum Gasteiger partial charge on any atom is -0.361 e. The van der Waals surface area contributed by atoms with E-state index in [2.05, 4.69) is 4.98 Å². The highest BCUT2D eigenvalue weighted by Gasteiger charge is 2.30. The van der Waals surface area contributed by atoms with Gasteiger partial charge in [-0.15, -0.1) is 0 Å². The molecule has 3 aromatic rings. The molecular weight excluding hydrogens is 368 g/mol. The number of sulfonamides is 1. The molecular formula is C20H21ClN2O2S. The minimum absolute atomic E-state index is 0.339. The SMILES string of the molecule is Cc1cccc(S(=O)(=O)N2CCC(c3c[nH]c4ccc(Cl)cc34)CC2)c1. The van der Waals surface area contributed by atoms with Crippen molar-refractivity contribution in [3.05, 3.63) is 64.8 Å². The van der Waals surface area contributed by atoms with Crippen LogP contribution in [0, 0.1) is 6.92 Å². The first-order valence-electron chi connectivity index (χ1n) is 8.78. The summed E-state index contributed by atoms with van der Waals surface area (Å²) in [4.78, 5) is 3.68. The van der Waals surface area contributed by atoms with Gasteiger partial charge >= 0.3 is 0 Å². The Morgan fingerprint density at radius 3 is 2.62 bits per heavy atom. The molecule has 0 aliphatic carbocycles. The van der Waals surface area contributed by atoms with E-state index < -0.39 is 10.0 Å². The van der Waals surface area contributed by atoms with E-state index in [1.807, 2.05) is 37.4 Å². The number of nitrogens with one attached hydrogen (secondary N) is 1. The summed E-state index contributed by atoms with van der Waals surface area (Å²) < 4.78 is 27.4. The fraction of sp³-hybridized carbons (Fsp3) is 0.300. The molecule has 0 radical (unpaired) electrons. The third-order valence-corrected chi connectivity index (χ3v) is 7.33. The molecule has 1 fully saturated rings. The van der Waals surface area contributed by atoms with Crippen molar-refractivity contribution in [2.45, 2.75) is 30.6 Å². The summed E-state index contributed by atoms with van der Waals surface area (Å²) in [5.74, 6) is 0.339. The number of rotatable bonds is 3. The Morgan fingerprint density at radius 2 is 1.88 bits per heavy atom. The smallest absolute Gasteiger partial charge is 0.243 e. The maximum Gasteiger partial charge on any atom is 0.243 e. The van der Waals surface area contributed by atoms with Gasteiger partial charge in [-0.3, -0.25) is 0 Å². The first kappa shape index (κ1) is 17.6. The highest BCUT2D eigenvalue weighted by Crippen LogP contribution is 2.35. The predicted molar refractivity (Wildman–Crippen MR) is 105 cm³/mol. The Hall–Kier alpha value is -1.82. The van der Waals surface area contributed by atoms with Gasteiger partial charge in [-0.2, -0.15) is 4.31 Å². The number of fused-ring (bicyclic) bond motifs is 1. The van der Waals surface area contributed by atoms with Gasteiger partial charge in [0.05, 0.1) is 4.90 Å². The topological polar surface area (TPSA) is 53.2 Å². The lowest BCUT2D eigenvalue weighted by molar-refractivity contribution is 0.320. The standard InChI is InChI=1S/C20H21ClN2O2S/c1-14-3-2-4-17(11-14)26(24,25)23-9-7-15(8-10-23)19-13-22-20-6-5-16(21)12-18(19)20/h2-6,11-13,15,22H,7-10H2,1H3. The van der Waals surface area contributed by atoms with Gasteiger partial charge in [0.15, 0.2) is 0 Å². The second-order valence-corrected chi connectivity index (χ2v) is 9.30. The van der Waals surface area contributed by atoms with E-state index in [1.54, 1.807) is 22.5 Å². The monoisotopic (exact) mass is 388 g/mol. The van der Waals surface area contributed by atoms with Crippen molar-refractivity contribution >= 4 is 32.5 Å². The van der Waals surface area contributed by atoms with Crippen LogP contribution in [0.25, 0.3) is 10.9 Å². The maximum absolute atomic E-state index is 12.9. The molecule has 6 heteroatoms. The number of hydrogen-bond acceptors (Lipinski definition) is 2. The molecule has 1 N–H and O–H groups in total. The maximum atomic E-state index is 12.9. The molecule has 0 atom stereocenters. The van der Waals surface area contributed by atoms with E-state index in [9.17, 15) is 8.42 Å². The fourth-order valence-electron chi connectivity index (χ4n) is 3.78. The van der Waals surface area contributed by atoms with Crippen LogP contribution in [0.1, 0.15) is 29.9 Å². The van der Waals surface area contributed by atoms with E-state index in [-0.39, 0.29) is 0 Å². The summed E-state index contributed by atoms with van der Waals surface area (Å²) in [7, 11) is -3.42. The number of H-pyrrole nitrogens is 1. The Bertz CT molecular complexity index is 1050.